The molecule has 2 aromatic rings. The first-order valence-electron chi connectivity index (χ1n) is 9.54. The van der Waals surface area contributed by atoms with Crippen LogP contribution in [0, 0.1) is 0 Å². The van der Waals surface area contributed by atoms with Gasteiger partial charge in [0.05, 0.1) is 10.4 Å². The van der Waals surface area contributed by atoms with Crippen LogP contribution in [0.25, 0.3) is 0 Å². The molecule has 0 fully saturated rings. The maximum atomic E-state index is 11.1. The summed E-state index contributed by atoms with van der Waals surface area (Å²) in [5, 5.41) is 13.2. The first kappa shape index (κ1) is 21.1. The smallest absolute Gasteiger partial charge is 0.316 e. The van der Waals surface area contributed by atoms with Gasteiger partial charge in [-0.25, -0.2) is 9.78 Å². The van der Waals surface area contributed by atoms with E-state index in [-0.39, 0.29) is 0 Å². The Balaban J connectivity index is 0.000000169. The van der Waals surface area contributed by atoms with Gasteiger partial charge in [-0.3, -0.25) is 4.72 Å². The number of carbonyl (C=O) groups excluding carboxylic acids is 1. The van der Waals surface area contributed by atoms with Crippen molar-refractivity contribution in [2.75, 3.05) is 12.4 Å². The molecule has 2 amide bonds. The van der Waals surface area contributed by atoms with Gasteiger partial charge in [0.1, 0.15) is 10.6 Å². The number of thiazole rings is 1. The summed E-state index contributed by atoms with van der Waals surface area (Å²) < 4.78 is 4.02. The zero-order chi connectivity index (χ0) is 20.3. The van der Waals surface area contributed by atoms with Gasteiger partial charge in [0.25, 0.3) is 0 Å². The number of nitrogens with zero attached hydrogens (tertiary/aromatic N) is 1. The Labute approximate surface area is 174 Å². The molecular formula is C20H28N4O2S2. The monoisotopic (exact) mass is 420 g/mol. The first-order valence-corrected chi connectivity index (χ1v) is 11.2. The highest BCUT2D eigenvalue weighted by Crippen LogP contribution is 2.38. The summed E-state index contributed by atoms with van der Waals surface area (Å²) >= 11 is 3.01. The lowest BCUT2D eigenvalue weighted by Crippen LogP contribution is -2.21. The molecule has 28 heavy (non-hydrogen) atoms. The highest BCUT2D eigenvalue weighted by molar-refractivity contribution is 7.99. The normalized spacial score (nSPS) is 14.9. The van der Waals surface area contributed by atoms with Crippen LogP contribution in [0.5, 0.6) is 0 Å². The van der Waals surface area contributed by atoms with Crippen LogP contribution >= 0.6 is 23.3 Å². The Kier molecular flexibility index (Phi) is 6.65. The molecule has 5 N–H and O–H groups in total. The molecule has 2 aliphatic rings. The van der Waals surface area contributed by atoms with Crippen molar-refractivity contribution >= 4 is 35.0 Å². The third-order valence-electron chi connectivity index (χ3n) is 4.93. The van der Waals surface area contributed by atoms with Crippen molar-refractivity contribution < 1.29 is 9.90 Å². The lowest BCUT2D eigenvalue weighted by Gasteiger charge is -2.14. The van der Waals surface area contributed by atoms with E-state index in [4.69, 9.17) is 5.73 Å². The Morgan fingerprint density at radius 2 is 1.82 bits per heavy atom. The number of aromatic nitrogens is 1. The Hall–Kier alpha value is -1.61. The number of rotatable bonds is 4. The van der Waals surface area contributed by atoms with Crippen molar-refractivity contribution in [3.63, 3.8) is 0 Å². The molecule has 0 atom stereocenters. The van der Waals surface area contributed by atoms with Gasteiger partial charge < -0.3 is 16.2 Å². The molecule has 0 saturated heterocycles. The van der Waals surface area contributed by atoms with Gasteiger partial charge in [-0.1, -0.05) is 6.07 Å². The topological polar surface area (TPSA) is 100 Å². The summed E-state index contributed by atoms with van der Waals surface area (Å²) in [6, 6.07) is 1.91. The molecule has 152 valence electrons. The predicted octanol–water partition coefficient (Wildman–Crippen LogP) is 3.75. The van der Waals surface area contributed by atoms with Gasteiger partial charge in [-0.2, -0.15) is 0 Å². The van der Waals surface area contributed by atoms with Crippen molar-refractivity contribution in [3.8, 4) is 0 Å². The van der Waals surface area contributed by atoms with E-state index in [1.165, 1.54) is 58.4 Å². The highest BCUT2D eigenvalue weighted by Gasteiger charge is 2.24. The second kappa shape index (κ2) is 8.82. The molecule has 4 rings (SSSR count). The van der Waals surface area contributed by atoms with E-state index in [1.54, 1.807) is 20.0 Å². The van der Waals surface area contributed by atoms with Crippen molar-refractivity contribution in [3.05, 3.63) is 39.5 Å². The molecule has 1 aromatic heterocycles. The van der Waals surface area contributed by atoms with Crippen LogP contribution in [0.15, 0.2) is 16.5 Å². The maximum Gasteiger partial charge on any atom is 0.316 e. The standard InChI is InChI=1S/C13H16N2O.C7H12N2OS2/c14-13(16)15-12-10-5-1-3-8(10)7-9-4-2-6-11(9)12;1-7(2,10)6-9-4-5(11-6)12-8-3/h7H,1-6H2,(H3,14,15,16);4,8,10H,1-3H3. The van der Waals surface area contributed by atoms with Gasteiger partial charge >= 0.3 is 6.03 Å². The molecule has 0 radical (unpaired) electrons. The van der Waals surface area contributed by atoms with Crippen molar-refractivity contribution in [2.24, 2.45) is 5.73 Å². The maximum absolute atomic E-state index is 11.1. The third kappa shape index (κ3) is 4.86. The number of aliphatic hydroxyl groups is 1. The Morgan fingerprint density at radius 1 is 1.21 bits per heavy atom. The Morgan fingerprint density at radius 3 is 2.29 bits per heavy atom. The number of hydrogen-bond donors (Lipinski definition) is 4. The number of urea groups is 1. The number of nitrogens with one attached hydrogen (secondary N) is 2. The fourth-order valence-corrected chi connectivity index (χ4v) is 5.39. The van der Waals surface area contributed by atoms with E-state index in [9.17, 15) is 9.90 Å². The summed E-state index contributed by atoms with van der Waals surface area (Å²) in [6.07, 6.45) is 8.62. The molecule has 0 unspecified atom stereocenters. The SMILES string of the molecule is CNSc1cnc(C(C)(C)O)s1.NC(=O)Nc1c2c(cc3c1CCC3)CCC2. The van der Waals surface area contributed by atoms with Crippen molar-refractivity contribution in [2.45, 2.75) is 62.2 Å². The number of aryl methyl sites for hydroxylation is 2. The zero-order valence-electron chi connectivity index (χ0n) is 16.6. The van der Waals surface area contributed by atoms with Crippen LogP contribution in [0.3, 0.4) is 0 Å². The van der Waals surface area contributed by atoms with Crippen LogP contribution < -0.4 is 15.8 Å². The van der Waals surface area contributed by atoms with Crippen LogP contribution in [0.4, 0.5) is 10.5 Å². The number of fused-ring (bicyclic) bond motifs is 2. The fraction of sp³-hybridized carbons (Fsp3) is 0.500. The summed E-state index contributed by atoms with van der Waals surface area (Å²) in [4.78, 5) is 15.2. The van der Waals surface area contributed by atoms with Gasteiger partial charge in [0.2, 0.25) is 0 Å². The molecule has 1 heterocycles. The average Bonchev–Trinajstić information content (AvgIpc) is 3.34. The Bertz CT molecular complexity index is 826. The lowest BCUT2D eigenvalue weighted by molar-refractivity contribution is 0.0783. The number of benzene rings is 1. The minimum absolute atomic E-state index is 0.436. The molecule has 0 bridgehead atoms. The average molecular weight is 421 g/mol. The van der Waals surface area contributed by atoms with Gasteiger partial charge in [-0.15, -0.1) is 11.3 Å². The molecular weight excluding hydrogens is 392 g/mol. The van der Waals surface area contributed by atoms with E-state index >= 15 is 0 Å². The van der Waals surface area contributed by atoms with E-state index in [0.717, 1.165) is 40.6 Å². The molecule has 2 aliphatic carbocycles. The van der Waals surface area contributed by atoms with Crippen LogP contribution in [0.2, 0.25) is 0 Å². The molecule has 0 saturated carbocycles. The van der Waals surface area contributed by atoms with Gasteiger partial charge in [0.15, 0.2) is 0 Å². The fourth-order valence-electron chi connectivity index (χ4n) is 3.78. The van der Waals surface area contributed by atoms with Gasteiger partial charge in [0, 0.05) is 5.69 Å². The third-order valence-corrected chi connectivity index (χ3v) is 7.05. The zero-order valence-corrected chi connectivity index (χ0v) is 18.2. The van der Waals surface area contributed by atoms with E-state index in [2.05, 4.69) is 21.1 Å². The number of primary amides is 1. The summed E-state index contributed by atoms with van der Waals surface area (Å²) in [7, 11) is 1.86. The predicted molar refractivity (Wildman–Crippen MR) is 116 cm³/mol. The van der Waals surface area contributed by atoms with E-state index < -0.39 is 11.6 Å². The largest absolute Gasteiger partial charge is 0.383 e. The number of nitrogens with two attached hydrogens (primary N) is 1. The summed E-state index contributed by atoms with van der Waals surface area (Å²) in [5.41, 5.74) is 11.0. The van der Waals surface area contributed by atoms with Crippen molar-refractivity contribution in [1.29, 1.82) is 0 Å². The van der Waals surface area contributed by atoms with Crippen LogP contribution in [-0.2, 0) is 31.3 Å². The molecule has 0 spiro atoms. The van der Waals surface area contributed by atoms with E-state index in [0.29, 0.717) is 0 Å². The number of hydrogen-bond acceptors (Lipinski definition) is 6. The van der Waals surface area contributed by atoms with Crippen LogP contribution in [0.1, 0.15) is 54.0 Å². The lowest BCUT2D eigenvalue weighted by atomic mass is 9.99. The number of anilines is 1. The van der Waals surface area contributed by atoms with E-state index in [1.807, 2.05) is 7.05 Å². The molecule has 8 heteroatoms. The minimum atomic E-state index is -0.822. The summed E-state index contributed by atoms with van der Waals surface area (Å²) in [6.45, 7) is 3.47. The molecule has 0 aliphatic heterocycles. The van der Waals surface area contributed by atoms with Gasteiger partial charge in [-0.05, 0) is 93.6 Å². The van der Waals surface area contributed by atoms with Crippen molar-refractivity contribution in [1.82, 2.24) is 9.71 Å². The number of carbonyl (C=O) groups is 1. The minimum Gasteiger partial charge on any atom is -0.383 e. The molecule has 1 aromatic carbocycles. The highest BCUT2D eigenvalue weighted by atomic mass is 32.2. The number of amides is 2. The van der Waals surface area contributed by atoms with Crippen LogP contribution in [-0.4, -0.2) is 23.2 Å². The second-order valence-corrected chi connectivity index (χ2v) is 9.91. The molecule has 6 nitrogen and oxygen atoms in total. The first-order chi connectivity index (χ1) is 13.3. The quantitative estimate of drug-likeness (QED) is 0.565. The summed E-state index contributed by atoms with van der Waals surface area (Å²) in [5.74, 6) is 0. The second-order valence-electron chi connectivity index (χ2n) is 7.57.